The molecule has 29 heavy (non-hydrogen) atoms. The van der Waals surface area contributed by atoms with Gasteiger partial charge in [-0.15, -0.1) is 21.5 Å². The summed E-state index contributed by atoms with van der Waals surface area (Å²) in [6, 6.07) is 6.67. The van der Waals surface area contributed by atoms with Crippen LogP contribution in [0.4, 0.5) is 0 Å². The third kappa shape index (κ3) is 4.09. The number of aromatic nitrogens is 2. The predicted octanol–water partition coefficient (Wildman–Crippen LogP) is 3.43. The fourth-order valence-corrected chi connectivity index (χ4v) is 4.22. The molecular formula is C20H22N4O4S. The van der Waals surface area contributed by atoms with Crippen molar-refractivity contribution in [1.29, 1.82) is 0 Å². The van der Waals surface area contributed by atoms with E-state index >= 15 is 0 Å². The van der Waals surface area contributed by atoms with Gasteiger partial charge >= 0.3 is 0 Å². The minimum atomic E-state index is -0.455. The fraction of sp³-hybridized carbons (Fsp3) is 0.400. The van der Waals surface area contributed by atoms with Crippen LogP contribution in [0.5, 0.6) is 0 Å². The van der Waals surface area contributed by atoms with Crippen molar-refractivity contribution in [2.45, 2.75) is 38.8 Å². The molecule has 0 N–H and O–H groups in total. The van der Waals surface area contributed by atoms with Crippen molar-refractivity contribution < 1.29 is 18.4 Å². The summed E-state index contributed by atoms with van der Waals surface area (Å²) in [5.41, 5.74) is 0. The van der Waals surface area contributed by atoms with Gasteiger partial charge < -0.3 is 18.6 Å². The van der Waals surface area contributed by atoms with Gasteiger partial charge in [-0.05, 0) is 42.8 Å². The number of rotatable bonds is 7. The van der Waals surface area contributed by atoms with Crippen molar-refractivity contribution in [2.75, 3.05) is 13.1 Å². The highest BCUT2D eigenvalue weighted by molar-refractivity contribution is 7.12. The number of furan rings is 1. The molecule has 152 valence electrons. The number of likely N-dealkylation sites (tertiary alicyclic amines) is 1. The smallest absolute Gasteiger partial charge is 0.283 e. The second-order valence-corrected chi connectivity index (χ2v) is 7.82. The zero-order valence-electron chi connectivity index (χ0n) is 16.1. The van der Waals surface area contributed by atoms with E-state index in [9.17, 15) is 9.59 Å². The molecule has 1 atom stereocenters. The Morgan fingerprint density at radius 2 is 2.21 bits per heavy atom. The molecule has 0 spiro atoms. The van der Waals surface area contributed by atoms with E-state index in [4.69, 9.17) is 8.83 Å². The van der Waals surface area contributed by atoms with Gasteiger partial charge in [0.1, 0.15) is 6.04 Å². The van der Waals surface area contributed by atoms with E-state index in [1.165, 1.54) is 17.6 Å². The van der Waals surface area contributed by atoms with E-state index in [2.05, 4.69) is 10.2 Å². The van der Waals surface area contributed by atoms with Gasteiger partial charge in [-0.3, -0.25) is 9.59 Å². The van der Waals surface area contributed by atoms with Crippen molar-refractivity contribution in [3.05, 3.63) is 46.7 Å². The summed E-state index contributed by atoms with van der Waals surface area (Å²) in [4.78, 5) is 30.1. The summed E-state index contributed by atoms with van der Waals surface area (Å²) in [5.74, 6) is 0.953. The van der Waals surface area contributed by atoms with Gasteiger partial charge in [0.25, 0.3) is 11.8 Å². The minimum absolute atomic E-state index is 0.0768. The first-order valence-electron chi connectivity index (χ1n) is 9.67. The summed E-state index contributed by atoms with van der Waals surface area (Å²) in [6.07, 6.45) is 3.80. The monoisotopic (exact) mass is 414 g/mol. The van der Waals surface area contributed by atoms with Crippen LogP contribution < -0.4 is 0 Å². The molecule has 0 bridgehead atoms. The van der Waals surface area contributed by atoms with Crippen molar-refractivity contribution in [2.24, 2.45) is 0 Å². The Balaban J connectivity index is 1.49. The maximum Gasteiger partial charge on any atom is 0.283 e. The summed E-state index contributed by atoms with van der Waals surface area (Å²) in [6.45, 7) is 3.36. The van der Waals surface area contributed by atoms with Gasteiger partial charge in [0.2, 0.25) is 11.8 Å². The van der Waals surface area contributed by atoms with Crippen molar-refractivity contribution in [3.63, 3.8) is 0 Å². The molecule has 1 aliphatic heterocycles. The SMILES string of the molecule is CCCN(Cc1nnc(-c2ccco2)o1)C(=O)C1CCCN1C(=O)c1cccs1. The first kappa shape index (κ1) is 19.4. The van der Waals surface area contributed by atoms with Crippen molar-refractivity contribution >= 4 is 23.2 Å². The third-order valence-electron chi connectivity index (χ3n) is 4.86. The average molecular weight is 414 g/mol. The van der Waals surface area contributed by atoms with E-state index in [-0.39, 0.29) is 24.2 Å². The predicted molar refractivity (Wildman–Crippen MR) is 106 cm³/mol. The first-order chi connectivity index (χ1) is 14.2. The molecule has 3 aromatic heterocycles. The molecule has 0 saturated carbocycles. The molecule has 4 heterocycles. The topological polar surface area (TPSA) is 92.7 Å². The fourth-order valence-electron chi connectivity index (χ4n) is 3.54. The Kier molecular flexibility index (Phi) is 5.75. The molecule has 1 aliphatic rings. The summed E-state index contributed by atoms with van der Waals surface area (Å²) < 4.78 is 10.9. The molecule has 8 nitrogen and oxygen atoms in total. The normalized spacial score (nSPS) is 16.3. The highest BCUT2D eigenvalue weighted by atomic mass is 32.1. The molecule has 1 unspecified atom stereocenters. The lowest BCUT2D eigenvalue weighted by molar-refractivity contribution is -0.136. The summed E-state index contributed by atoms with van der Waals surface area (Å²) in [5, 5.41) is 9.91. The molecule has 1 saturated heterocycles. The zero-order chi connectivity index (χ0) is 20.2. The second kappa shape index (κ2) is 8.60. The largest absolute Gasteiger partial charge is 0.459 e. The molecule has 3 aromatic rings. The second-order valence-electron chi connectivity index (χ2n) is 6.87. The van der Waals surface area contributed by atoms with E-state index in [1.54, 1.807) is 28.0 Å². The van der Waals surface area contributed by atoms with Crippen LogP contribution in [0.1, 0.15) is 41.7 Å². The van der Waals surface area contributed by atoms with Gasteiger partial charge in [-0.2, -0.15) is 0 Å². The quantitative estimate of drug-likeness (QED) is 0.588. The maximum absolute atomic E-state index is 13.3. The number of thiophene rings is 1. The lowest BCUT2D eigenvalue weighted by atomic mass is 10.1. The van der Waals surface area contributed by atoms with Gasteiger partial charge in [-0.1, -0.05) is 13.0 Å². The van der Waals surface area contributed by atoms with Crippen LogP contribution in [0.2, 0.25) is 0 Å². The Morgan fingerprint density at radius 3 is 2.93 bits per heavy atom. The highest BCUT2D eigenvalue weighted by Gasteiger charge is 2.37. The van der Waals surface area contributed by atoms with Crippen LogP contribution >= 0.6 is 11.3 Å². The average Bonchev–Trinajstić information content (AvgIpc) is 3.53. The first-order valence-corrected chi connectivity index (χ1v) is 10.5. The third-order valence-corrected chi connectivity index (χ3v) is 5.72. The Morgan fingerprint density at radius 1 is 1.31 bits per heavy atom. The van der Waals surface area contributed by atoms with E-state index in [1.807, 2.05) is 18.4 Å². The number of nitrogens with zero attached hydrogens (tertiary/aromatic N) is 4. The van der Waals surface area contributed by atoms with Crippen LogP contribution in [-0.4, -0.2) is 50.9 Å². The molecular weight excluding hydrogens is 392 g/mol. The van der Waals surface area contributed by atoms with Gasteiger partial charge in [0, 0.05) is 13.1 Å². The van der Waals surface area contributed by atoms with Gasteiger partial charge in [-0.25, -0.2) is 0 Å². The Hall–Kier alpha value is -2.94. The lowest BCUT2D eigenvalue weighted by Gasteiger charge is -2.29. The standard InChI is InChI=1S/C20H22N4O4S/c1-2-9-23(13-17-21-22-18(28-17)15-7-4-11-27-15)19(25)14-6-3-10-24(14)20(26)16-8-5-12-29-16/h4-5,7-8,11-12,14H,2-3,6,9-10,13H2,1H3. The molecule has 0 radical (unpaired) electrons. The van der Waals surface area contributed by atoms with Crippen LogP contribution in [0.25, 0.3) is 11.7 Å². The minimum Gasteiger partial charge on any atom is -0.459 e. The Bertz CT molecular complexity index is 951. The number of carbonyl (C=O) groups is 2. The number of carbonyl (C=O) groups excluding carboxylic acids is 2. The number of hydrogen-bond donors (Lipinski definition) is 0. The zero-order valence-corrected chi connectivity index (χ0v) is 16.9. The van der Waals surface area contributed by atoms with E-state index in [0.717, 1.165) is 12.8 Å². The van der Waals surface area contributed by atoms with Crippen molar-refractivity contribution in [1.82, 2.24) is 20.0 Å². The number of amides is 2. The maximum atomic E-state index is 13.3. The molecule has 1 fully saturated rings. The van der Waals surface area contributed by atoms with Crippen LogP contribution in [0.15, 0.2) is 44.7 Å². The molecule has 0 aliphatic carbocycles. The van der Waals surface area contributed by atoms with E-state index < -0.39 is 6.04 Å². The Labute approximate surface area is 172 Å². The van der Waals surface area contributed by atoms with Crippen LogP contribution in [-0.2, 0) is 11.3 Å². The van der Waals surface area contributed by atoms with Gasteiger partial charge in [0.15, 0.2) is 5.76 Å². The van der Waals surface area contributed by atoms with Crippen molar-refractivity contribution in [3.8, 4) is 11.7 Å². The van der Waals surface area contributed by atoms with E-state index in [0.29, 0.717) is 36.0 Å². The summed E-state index contributed by atoms with van der Waals surface area (Å²) in [7, 11) is 0. The molecule has 9 heteroatoms. The lowest BCUT2D eigenvalue weighted by Crippen LogP contribution is -2.47. The molecule has 0 aromatic carbocycles. The molecule has 2 amide bonds. The van der Waals surface area contributed by atoms with Gasteiger partial charge in [0.05, 0.1) is 17.7 Å². The number of hydrogen-bond acceptors (Lipinski definition) is 7. The van der Waals surface area contributed by atoms with Crippen LogP contribution in [0.3, 0.4) is 0 Å². The molecule has 4 rings (SSSR count). The summed E-state index contributed by atoms with van der Waals surface area (Å²) >= 11 is 1.40. The highest BCUT2D eigenvalue weighted by Crippen LogP contribution is 2.25. The van der Waals surface area contributed by atoms with Crippen LogP contribution in [0, 0.1) is 0 Å².